The van der Waals surface area contributed by atoms with Crippen molar-refractivity contribution in [1.29, 1.82) is 0 Å². The van der Waals surface area contributed by atoms with E-state index >= 15 is 0 Å². The van der Waals surface area contributed by atoms with Crippen molar-refractivity contribution < 1.29 is 9.53 Å². The van der Waals surface area contributed by atoms with E-state index in [4.69, 9.17) is 16.3 Å². The first-order valence-electron chi connectivity index (χ1n) is 6.80. The highest BCUT2D eigenvalue weighted by Crippen LogP contribution is 2.15. The number of hydrogen-bond acceptors (Lipinski definition) is 2. The summed E-state index contributed by atoms with van der Waals surface area (Å²) in [6.45, 7) is 4.77. The first-order valence-corrected chi connectivity index (χ1v) is 7.18. The molecule has 0 fully saturated rings. The number of amides is 1. The van der Waals surface area contributed by atoms with Gasteiger partial charge in [-0.15, -0.1) is 0 Å². The van der Waals surface area contributed by atoms with Crippen LogP contribution in [0, 0.1) is 13.8 Å². The topological polar surface area (TPSA) is 38.3 Å². The molecule has 1 N–H and O–H groups in total. The number of halogens is 1. The number of rotatable bonds is 5. The van der Waals surface area contributed by atoms with Crippen LogP contribution in [0.25, 0.3) is 0 Å². The van der Waals surface area contributed by atoms with Gasteiger partial charge in [0.25, 0.3) is 5.91 Å². The highest BCUT2D eigenvalue weighted by molar-refractivity contribution is 6.30. The molecule has 0 atom stereocenters. The van der Waals surface area contributed by atoms with Crippen LogP contribution >= 0.6 is 11.6 Å². The number of ether oxygens (including phenoxy) is 1. The van der Waals surface area contributed by atoms with Crippen molar-refractivity contribution in [3.05, 3.63) is 64.2 Å². The lowest BCUT2D eigenvalue weighted by atomic mass is 10.1. The molecule has 3 nitrogen and oxygen atoms in total. The Morgan fingerprint density at radius 2 is 1.86 bits per heavy atom. The number of hydrogen-bond donors (Lipinski definition) is 1. The normalized spacial score (nSPS) is 10.2. The highest BCUT2D eigenvalue weighted by Gasteiger charge is 2.08. The van der Waals surface area contributed by atoms with Crippen molar-refractivity contribution in [2.75, 3.05) is 13.2 Å². The summed E-state index contributed by atoms with van der Waals surface area (Å²) in [5.74, 6) is 0.663. The van der Waals surface area contributed by atoms with Crippen LogP contribution in [-0.2, 0) is 0 Å². The molecule has 0 aliphatic heterocycles. The SMILES string of the molecule is Cc1ccc(C)c(C(=O)NCCOc2ccc(Cl)cc2)c1. The molecule has 0 saturated carbocycles. The summed E-state index contributed by atoms with van der Waals surface area (Å²) in [6, 6.07) is 13.0. The first-order chi connectivity index (χ1) is 10.1. The van der Waals surface area contributed by atoms with Gasteiger partial charge in [0.05, 0.1) is 6.54 Å². The third kappa shape index (κ3) is 4.50. The van der Waals surface area contributed by atoms with Gasteiger partial charge >= 0.3 is 0 Å². The van der Waals surface area contributed by atoms with E-state index in [0.717, 1.165) is 16.9 Å². The number of carbonyl (C=O) groups is 1. The van der Waals surface area contributed by atoms with E-state index in [-0.39, 0.29) is 5.91 Å². The van der Waals surface area contributed by atoms with Gasteiger partial charge in [-0.3, -0.25) is 4.79 Å². The Morgan fingerprint density at radius 1 is 1.14 bits per heavy atom. The summed E-state index contributed by atoms with van der Waals surface area (Å²) in [6.07, 6.45) is 0. The van der Waals surface area contributed by atoms with Crippen molar-refractivity contribution in [3.63, 3.8) is 0 Å². The minimum Gasteiger partial charge on any atom is -0.492 e. The fraction of sp³-hybridized carbons (Fsp3) is 0.235. The molecule has 0 spiro atoms. The largest absolute Gasteiger partial charge is 0.492 e. The molecule has 2 aromatic carbocycles. The van der Waals surface area contributed by atoms with Gasteiger partial charge in [0, 0.05) is 10.6 Å². The molecule has 0 heterocycles. The van der Waals surface area contributed by atoms with E-state index in [0.29, 0.717) is 23.7 Å². The fourth-order valence-corrected chi connectivity index (χ4v) is 2.07. The molecular formula is C17H18ClNO2. The second kappa shape index (κ2) is 7.14. The van der Waals surface area contributed by atoms with Crippen LogP contribution < -0.4 is 10.1 Å². The molecule has 4 heteroatoms. The summed E-state index contributed by atoms with van der Waals surface area (Å²) in [7, 11) is 0. The average Bonchev–Trinajstić information content (AvgIpc) is 2.47. The Balaban J connectivity index is 1.81. The van der Waals surface area contributed by atoms with Crippen LogP contribution in [0.4, 0.5) is 0 Å². The standard InChI is InChI=1S/C17H18ClNO2/c1-12-3-4-13(2)16(11-12)17(20)19-9-10-21-15-7-5-14(18)6-8-15/h3-8,11H,9-10H2,1-2H3,(H,19,20). The number of benzene rings is 2. The van der Waals surface area contributed by atoms with Crippen molar-refractivity contribution in [3.8, 4) is 5.75 Å². The van der Waals surface area contributed by atoms with Crippen LogP contribution in [0.3, 0.4) is 0 Å². The summed E-state index contributed by atoms with van der Waals surface area (Å²) in [5, 5.41) is 3.53. The van der Waals surface area contributed by atoms with Gasteiger partial charge in [0.15, 0.2) is 0 Å². The van der Waals surface area contributed by atoms with Gasteiger partial charge in [0.1, 0.15) is 12.4 Å². The summed E-state index contributed by atoms with van der Waals surface area (Å²) >= 11 is 5.80. The van der Waals surface area contributed by atoms with Gasteiger partial charge in [-0.1, -0.05) is 29.3 Å². The minimum absolute atomic E-state index is 0.0732. The maximum Gasteiger partial charge on any atom is 0.251 e. The first kappa shape index (κ1) is 15.4. The average molecular weight is 304 g/mol. The van der Waals surface area contributed by atoms with Crippen LogP contribution in [0.15, 0.2) is 42.5 Å². The van der Waals surface area contributed by atoms with E-state index < -0.39 is 0 Å². The number of carbonyl (C=O) groups excluding carboxylic acids is 1. The molecule has 0 radical (unpaired) electrons. The Labute approximate surface area is 129 Å². The summed E-state index contributed by atoms with van der Waals surface area (Å²) in [5.41, 5.74) is 2.75. The summed E-state index contributed by atoms with van der Waals surface area (Å²) in [4.78, 5) is 12.1. The lowest BCUT2D eigenvalue weighted by molar-refractivity contribution is 0.0946. The third-order valence-electron chi connectivity index (χ3n) is 3.11. The van der Waals surface area contributed by atoms with Gasteiger partial charge in [-0.05, 0) is 49.7 Å². The second-order valence-electron chi connectivity index (χ2n) is 4.88. The predicted molar refractivity (Wildman–Crippen MR) is 85.2 cm³/mol. The Bertz CT molecular complexity index is 623. The molecule has 0 saturated heterocycles. The van der Waals surface area contributed by atoms with E-state index in [1.807, 2.05) is 32.0 Å². The van der Waals surface area contributed by atoms with Crippen molar-refractivity contribution in [2.45, 2.75) is 13.8 Å². The molecular weight excluding hydrogens is 286 g/mol. The molecule has 0 unspecified atom stereocenters. The van der Waals surface area contributed by atoms with Gasteiger partial charge in [-0.25, -0.2) is 0 Å². The predicted octanol–water partition coefficient (Wildman–Crippen LogP) is 3.77. The Hall–Kier alpha value is -2.00. The fourth-order valence-electron chi connectivity index (χ4n) is 1.94. The monoisotopic (exact) mass is 303 g/mol. The van der Waals surface area contributed by atoms with Crippen molar-refractivity contribution in [1.82, 2.24) is 5.32 Å². The molecule has 2 aromatic rings. The van der Waals surface area contributed by atoms with E-state index in [1.165, 1.54) is 0 Å². The second-order valence-corrected chi connectivity index (χ2v) is 5.31. The maximum atomic E-state index is 12.1. The lowest BCUT2D eigenvalue weighted by Gasteiger charge is -2.10. The zero-order valence-electron chi connectivity index (χ0n) is 12.2. The van der Waals surface area contributed by atoms with Gasteiger partial charge in [-0.2, -0.15) is 0 Å². The zero-order valence-corrected chi connectivity index (χ0v) is 12.9. The van der Waals surface area contributed by atoms with Crippen molar-refractivity contribution in [2.24, 2.45) is 0 Å². The van der Waals surface area contributed by atoms with E-state index in [9.17, 15) is 4.79 Å². The smallest absolute Gasteiger partial charge is 0.251 e. The van der Waals surface area contributed by atoms with Gasteiger partial charge in [0.2, 0.25) is 0 Å². The molecule has 0 aromatic heterocycles. The van der Waals surface area contributed by atoms with Crippen molar-refractivity contribution >= 4 is 17.5 Å². The molecule has 110 valence electrons. The molecule has 2 rings (SSSR count). The molecule has 0 aliphatic carbocycles. The van der Waals surface area contributed by atoms with Crippen LogP contribution in [0.1, 0.15) is 21.5 Å². The summed E-state index contributed by atoms with van der Waals surface area (Å²) < 4.78 is 5.53. The highest BCUT2D eigenvalue weighted by atomic mass is 35.5. The number of aryl methyl sites for hydroxylation is 2. The van der Waals surface area contributed by atoms with E-state index in [2.05, 4.69) is 5.32 Å². The molecule has 0 bridgehead atoms. The molecule has 0 aliphatic rings. The number of nitrogens with one attached hydrogen (secondary N) is 1. The molecule has 21 heavy (non-hydrogen) atoms. The third-order valence-corrected chi connectivity index (χ3v) is 3.36. The maximum absolute atomic E-state index is 12.1. The zero-order chi connectivity index (χ0) is 15.2. The molecule has 1 amide bonds. The lowest BCUT2D eigenvalue weighted by Crippen LogP contribution is -2.28. The van der Waals surface area contributed by atoms with E-state index in [1.54, 1.807) is 24.3 Å². The van der Waals surface area contributed by atoms with Crippen LogP contribution in [0.2, 0.25) is 5.02 Å². The Morgan fingerprint density at radius 3 is 2.57 bits per heavy atom. The quantitative estimate of drug-likeness (QED) is 0.854. The Kier molecular flexibility index (Phi) is 5.23. The van der Waals surface area contributed by atoms with Gasteiger partial charge < -0.3 is 10.1 Å². The van der Waals surface area contributed by atoms with Crippen LogP contribution in [-0.4, -0.2) is 19.1 Å². The minimum atomic E-state index is -0.0732. The van der Waals surface area contributed by atoms with Crippen LogP contribution in [0.5, 0.6) is 5.75 Å².